The molecule has 0 fully saturated rings. The summed E-state index contributed by atoms with van der Waals surface area (Å²) in [4.78, 5) is 0. The Bertz CT molecular complexity index is 526. The monoisotopic (exact) mass is 418 g/mol. The van der Waals surface area contributed by atoms with E-state index in [4.69, 9.17) is 4.74 Å². The summed E-state index contributed by atoms with van der Waals surface area (Å²) in [5, 5.41) is 9.17. The third-order valence-corrected chi connectivity index (χ3v) is 4.00. The summed E-state index contributed by atoms with van der Waals surface area (Å²) < 4.78 is 7.80. The van der Waals surface area contributed by atoms with Gasteiger partial charge >= 0.3 is 0 Å². The molecule has 0 amide bonds. The van der Waals surface area contributed by atoms with Crippen molar-refractivity contribution in [2.24, 2.45) is 0 Å². The fourth-order valence-corrected chi connectivity index (χ4v) is 2.24. The van der Waals surface area contributed by atoms with Gasteiger partial charge in [0.2, 0.25) is 0 Å². The quantitative estimate of drug-likeness (QED) is 0.756. The van der Waals surface area contributed by atoms with E-state index in [-0.39, 0.29) is 6.61 Å². The highest BCUT2D eigenvalue weighted by Crippen LogP contribution is 2.23. The van der Waals surface area contributed by atoms with Crippen molar-refractivity contribution < 1.29 is 9.84 Å². The van der Waals surface area contributed by atoms with Crippen LogP contribution in [0.15, 0.2) is 46.9 Å². The molecule has 0 heterocycles. The van der Waals surface area contributed by atoms with Crippen LogP contribution in [0.25, 0.3) is 0 Å². The average molecular weight is 419 g/mol. The van der Waals surface area contributed by atoms with Crippen LogP contribution in [0.2, 0.25) is 0 Å². The lowest BCUT2D eigenvalue weighted by atomic mass is 10.2. The summed E-state index contributed by atoms with van der Waals surface area (Å²) in [5.74, 6) is 0.765. The van der Waals surface area contributed by atoms with E-state index in [1.165, 1.54) is 3.57 Å². The van der Waals surface area contributed by atoms with Gasteiger partial charge in [0.15, 0.2) is 0 Å². The molecule has 0 unspecified atom stereocenters. The van der Waals surface area contributed by atoms with Crippen molar-refractivity contribution in [1.82, 2.24) is 0 Å². The zero-order valence-electron chi connectivity index (χ0n) is 9.57. The van der Waals surface area contributed by atoms with Crippen molar-refractivity contribution in [2.75, 3.05) is 0 Å². The number of rotatable bonds is 4. The van der Waals surface area contributed by atoms with Crippen LogP contribution in [0.3, 0.4) is 0 Å². The number of ether oxygens (including phenoxy) is 1. The van der Waals surface area contributed by atoms with E-state index in [2.05, 4.69) is 50.7 Å². The van der Waals surface area contributed by atoms with Crippen LogP contribution in [-0.2, 0) is 13.2 Å². The Kier molecular flexibility index (Phi) is 5.03. The molecule has 2 nitrogen and oxygen atoms in total. The normalized spacial score (nSPS) is 10.4. The number of hydrogen-bond acceptors (Lipinski definition) is 2. The van der Waals surface area contributed by atoms with E-state index in [0.717, 1.165) is 21.3 Å². The molecular weight excluding hydrogens is 407 g/mol. The Morgan fingerprint density at radius 2 is 1.83 bits per heavy atom. The van der Waals surface area contributed by atoms with Gasteiger partial charge in [0.1, 0.15) is 12.4 Å². The number of benzene rings is 2. The average Bonchev–Trinajstić information content (AvgIpc) is 2.39. The molecule has 0 atom stereocenters. The smallest absolute Gasteiger partial charge is 0.120 e. The van der Waals surface area contributed by atoms with Gasteiger partial charge in [-0.2, -0.15) is 0 Å². The maximum Gasteiger partial charge on any atom is 0.120 e. The largest absolute Gasteiger partial charge is 0.489 e. The number of hydrogen-bond donors (Lipinski definition) is 1. The second-order valence-corrected chi connectivity index (χ2v) is 5.93. The predicted molar refractivity (Wildman–Crippen MR) is 83.6 cm³/mol. The van der Waals surface area contributed by atoms with Crippen molar-refractivity contribution in [3.05, 3.63) is 61.6 Å². The van der Waals surface area contributed by atoms with E-state index in [0.29, 0.717) is 6.61 Å². The first-order chi connectivity index (χ1) is 8.69. The molecule has 0 aliphatic carbocycles. The second kappa shape index (κ2) is 6.54. The van der Waals surface area contributed by atoms with Gasteiger partial charge < -0.3 is 9.84 Å². The van der Waals surface area contributed by atoms with Gasteiger partial charge in [0.25, 0.3) is 0 Å². The van der Waals surface area contributed by atoms with Gasteiger partial charge in [-0.05, 0) is 64.0 Å². The predicted octanol–water partition coefficient (Wildman–Crippen LogP) is 4.13. The van der Waals surface area contributed by atoms with Crippen molar-refractivity contribution in [3.63, 3.8) is 0 Å². The Hall–Kier alpha value is -0.590. The molecule has 0 saturated carbocycles. The molecule has 2 rings (SSSR count). The topological polar surface area (TPSA) is 29.5 Å². The van der Waals surface area contributed by atoms with Crippen LogP contribution in [0.1, 0.15) is 11.1 Å². The standard InChI is InChI=1S/C14H12BrIO2/c15-14-6-5-13(7-11(14)8-17)18-9-10-1-3-12(16)4-2-10/h1-7,17H,8-9H2. The van der Waals surface area contributed by atoms with Crippen molar-refractivity contribution >= 4 is 38.5 Å². The summed E-state index contributed by atoms with van der Waals surface area (Å²) in [6.45, 7) is 0.532. The molecule has 1 N–H and O–H groups in total. The van der Waals surface area contributed by atoms with Crippen LogP contribution >= 0.6 is 38.5 Å². The maximum atomic E-state index is 9.17. The first-order valence-electron chi connectivity index (χ1n) is 5.45. The Labute approximate surface area is 128 Å². The molecule has 0 saturated heterocycles. The van der Waals surface area contributed by atoms with Gasteiger partial charge in [-0.3, -0.25) is 0 Å². The molecule has 0 spiro atoms. The first-order valence-corrected chi connectivity index (χ1v) is 7.33. The lowest BCUT2D eigenvalue weighted by Crippen LogP contribution is -1.96. The molecule has 4 heteroatoms. The van der Waals surface area contributed by atoms with E-state index >= 15 is 0 Å². The van der Waals surface area contributed by atoms with E-state index in [9.17, 15) is 5.11 Å². The highest BCUT2D eigenvalue weighted by atomic mass is 127. The van der Waals surface area contributed by atoms with Crippen molar-refractivity contribution in [3.8, 4) is 5.75 Å². The summed E-state index contributed by atoms with van der Waals surface area (Å²) >= 11 is 5.65. The van der Waals surface area contributed by atoms with E-state index in [1.807, 2.05) is 30.3 Å². The molecule has 0 aromatic heterocycles. The van der Waals surface area contributed by atoms with Crippen LogP contribution < -0.4 is 4.74 Å². The molecule has 18 heavy (non-hydrogen) atoms. The Balaban J connectivity index is 2.04. The van der Waals surface area contributed by atoms with E-state index < -0.39 is 0 Å². The maximum absolute atomic E-state index is 9.17. The van der Waals surface area contributed by atoms with Crippen molar-refractivity contribution in [1.29, 1.82) is 0 Å². The summed E-state index contributed by atoms with van der Waals surface area (Å²) in [6.07, 6.45) is 0. The fraction of sp³-hybridized carbons (Fsp3) is 0.143. The Morgan fingerprint density at radius 3 is 2.50 bits per heavy atom. The molecule has 0 radical (unpaired) electrons. The lowest BCUT2D eigenvalue weighted by molar-refractivity contribution is 0.277. The summed E-state index contributed by atoms with van der Waals surface area (Å²) in [6, 6.07) is 13.8. The molecule has 0 aliphatic heterocycles. The number of aliphatic hydroxyl groups is 1. The highest BCUT2D eigenvalue weighted by molar-refractivity contribution is 14.1. The zero-order chi connectivity index (χ0) is 13.0. The molecule has 2 aromatic rings. The SMILES string of the molecule is OCc1cc(OCc2ccc(I)cc2)ccc1Br. The summed E-state index contributed by atoms with van der Waals surface area (Å²) in [7, 11) is 0. The van der Waals surface area contributed by atoms with Crippen LogP contribution in [0, 0.1) is 3.57 Å². The minimum Gasteiger partial charge on any atom is -0.489 e. The van der Waals surface area contributed by atoms with Gasteiger partial charge in [-0.1, -0.05) is 28.1 Å². The molecule has 0 aliphatic rings. The molecular formula is C14H12BrIO2. The number of halogens is 2. The van der Waals surface area contributed by atoms with Crippen molar-refractivity contribution in [2.45, 2.75) is 13.2 Å². The van der Waals surface area contributed by atoms with Gasteiger partial charge in [0.05, 0.1) is 6.61 Å². The third kappa shape index (κ3) is 3.70. The second-order valence-electron chi connectivity index (χ2n) is 3.83. The lowest BCUT2D eigenvalue weighted by Gasteiger charge is -2.08. The Morgan fingerprint density at radius 1 is 1.11 bits per heavy atom. The molecule has 2 aromatic carbocycles. The van der Waals surface area contributed by atoms with E-state index in [1.54, 1.807) is 0 Å². The molecule has 0 bridgehead atoms. The minimum absolute atomic E-state index is 0.00130. The molecule has 94 valence electrons. The third-order valence-electron chi connectivity index (χ3n) is 2.51. The fourth-order valence-electron chi connectivity index (χ4n) is 1.51. The zero-order valence-corrected chi connectivity index (χ0v) is 13.3. The van der Waals surface area contributed by atoms with Crippen LogP contribution in [0.4, 0.5) is 0 Å². The van der Waals surface area contributed by atoms with Crippen LogP contribution in [0.5, 0.6) is 5.75 Å². The summed E-state index contributed by atoms with van der Waals surface area (Å²) in [5.41, 5.74) is 1.96. The van der Waals surface area contributed by atoms with Crippen LogP contribution in [-0.4, -0.2) is 5.11 Å². The highest BCUT2D eigenvalue weighted by Gasteiger charge is 2.02. The minimum atomic E-state index is 0.00130. The first kappa shape index (κ1) is 13.8. The number of aliphatic hydroxyl groups excluding tert-OH is 1. The van der Waals surface area contributed by atoms with Gasteiger partial charge in [0, 0.05) is 8.04 Å². The van der Waals surface area contributed by atoms with Gasteiger partial charge in [-0.15, -0.1) is 0 Å². The van der Waals surface area contributed by atoms with Gasteiger partial charge in [-0.25, -0.2) is 0 Å².